The summed E-state index contributed by atoms with van der Waals surface area (Å²) in [5, 5.41) is 4.20. The minimum Gasteiger partial charge on any atom is -0.486 e. The second kappa shape index (κ2) is 8.81. The predicted octanol–water partition coefficient (Wildman–Crippen LogP) is 3.74. The zero-order valence-electron chi connectivity index (χ0n) is 15.9. The number of carbonyl (C=O) groups is 1. The molecule has 7 nitrogen and oxygen atoms in total. The largest absolute Gasteiger partial charge is 0.486 e. The Hall–Kier alpha value is -2.97. The Morgan fingerprint density at radius 3 is 2.83 bits per heavy atom. The van der Waals surface area contributed by atoms with Gasteiger partial charge in [-0.3, -0.25) is 14.2 Å². The molecule has 154 valence electrons. The van der Waals surface area contributed by atoms with Gasteiger partial charge in [-0.1, -0.05) is 29.4 Å². The number of amides is 1. The van der Waals surface area contributed by atoms with E-state index in [0.717, 1.165) is 0 Å². The van der Waals surface area contributed by atoms with Gasteiger partial charge in [-0.15, -0.1) is 6.58 Å². The summed E-state index contributed by atoms with van der Waals surface area (Å²) in [5.74, 6) is 1.09. The van der Waals surface area contributed by atoms with Gasteiger partial charge in [-0.05, 0) is 30.3 Å². The highest BCUT2D eigenvalue weighted by Gasteiger charge is 2.15. The maximum atomic E-state index is 12.8. The molecule has 0 unspecified atom stereocenters. The van der Waals surface area contributed by atoms with Crippen molar-refractivity contribution in [3.63, 3.8) is 0 Å². The molecule has 1 aliphatic rings. The fourth-order valence-electron chi connectivity index (χ4n) is 3.02. The van der Waals surface area contributed by atoms with Crippen LogP contribution in [0.15, 0.2) is 59.0 Å². The number of nitrogens with one attached hydrogen (secondary N) is 1. The fourth-order valence-corrected chi connectivity index (χ4v) is 4.00. The third-order valence-electron chi connectivity index (χ3n) is 4.35. The first-order valence-electron chi connectivity index (χ1n) is 9.18. The van der Waals surface area contributed by atoms with Crippen molar-refractivity contribution in [2.75, 3.05) is 24.3 Å². The normalized spacial score (nSPS) is 12.6. The maximum absolute atomic E-state index is 12.8. The van der Waals surface area contributed by atoms with E-state index in [4.69, 9.17) is 21.1 Å². The van der Waals surface area contributed by atoms with Gasteiger partial charge in [0.15, 0.2) is 16.7 Å². The second-order valence-corrected chi connectivity index (χ2v) is 7.83. The number of anilines is 1. The van der Waals surface area contributed by atoms with Gasteiger partial charge in [0.05, 0.1) is 16.7 Å². The van der Waals surface area contributed by atoms with Crippen LogP contribution < -0.4 is 20.3 Å². The summed E-state index contributed by atoms with van der Waals surface area (Å²) in [6.07, 6.45) is 1.62. The number of allylic oxidation sites excluding steroid dienone is 1. The lowest BCUT2D eigenvalue weighted by Gasteiger charge is -2.19. The Morgan fingerprint density at radius 2 is 2.03 bits per heavy atom. The lowest BCUT2D eigenvalue weighted by atomic mass is 10.2. The number of rotatable bonds is 6. The van der Waals surface area contributed by atoms with Crippen LogP contribution in [0.3, 0.4) is 0 Å². The molecule has 2 heterocycles. The van der Waals surface area contributed by atoms with Gasteiger partial charge in [-0.25, -0.2) is 4.98 Å². The summed E-state index contributed by atoms with van der Waals surface area (Å²) in [4.78, 5) is 29.8. The van der Waals surface area contributed by atoms with Crippen molar-refractivity contribution in [3.05, 3.63) is 64.4 Å². The van der Waals surface area contributed by atoms with Crippen molar-refractivity contribution >= 4 is 45.9 Å². The van der Waals surface area contributed by atoms with E-state index in [1.807, 2.05) is 0 Å². The van der Waals surface area contributed by atoms with Crippen LogP contribution in [0.4, 0.5) is 5.69 Å². The van der Waals surface area contributed by atoms with Crippen molar-refractivity contribution in [2.24, 2.45) is 0 Å². The monoisotopic (exact) mass is 443 g/mol. The van der Waals surface area contributed by atoms with Gasteiger partial charge in [0.25, 0.3) is 5.56 Å². The molecule has 1 aliphatic heterocycles. The average Bonchev–Trinajstić information content (AvgIpc) is 2.74. The Labute approximate surface area is 181 Å². The molecule has 2 aromatic carbocycles. The van der Waals surface area contributed by atoms with Gasteiger partial charge in [0.2, 0.25) is 5.91 Å². The van der Waals surface area contributed by atoms with Gasteiger partial charge in [0, 0.05) is 23.3 Å². The number of thioether (sulfide) groups is 1. The maximum Gasteiger partial charge on any atom is 0.262 e. The molecule has 0 bridgehead atoms. The Kier molecular flexibility index (Phi) is 5.96. The number of benzene rings is 2. The average molecular weight is 444 g/mol. The third-order valence-corrected chi connectivity index (χ3v) is 5.56. The smallest absolute Gasteiger partial charge is 0.262 e. The standard InChI is InChI=1S/C21H18ClN3O4S/c1-2-7-25-20(27)15-5-3-13(22)10-16(15)24-21(25)30-12-19(26)23-14-4-6-17-18(11-14)29-9-8-28-17/h2-6,10-11H,1,7-9,12H2,(H,23,26). The molecule has 30 heavy (non-hydrogen) atoms. The number of carbonyl (C=O) groups excluding carboxylic acids is 1. The fraction of sp³-hybridized carbons (Fsp3) is 0.190. The zero-order valence-corrected chi connectivity index (χ0v) is 17.5. The predicted molar refractivity (Wildman–Crippen MR) is 118 cm³/mol. The third kappa shape index (κ3) is 4.29. The molecule has 3 aromatic rings. The lowest BCUT2D eigenvalue weighted by Crippen LogP contribution is -2.24. The molecule has 0 radical (unpaired) electrons. The number of aromatic nitrogens is 2. The van der Waals surface area contributed by atoms with Gasteiger partial charge < -0.3 is 14.8 Å². The van der Waals surface area contributed by atoms with E-state index in [1.165, 1.54) is 16.3 Å². The Morgan fingerprint density at radius 1 is 1.23 bits per heavy atom. The zero-order chi connectivity index (χ0) is 21.1. The molecule has 1 N–H and O–H groups in total. The van der Waals surface area contributed by atoms with E-state index in [1.54, 1.807) is 42.5 Å². The number of fused-ring (bicyclic) bond motifs is 2. The topological polar surface area (TPSA) is 82.5 Å². The minimum absolute atomic E-state index is 0.0735. The highest BCUT2D eigenvalue weighted by atomic mass is 35.5. The van der Waals surface area contributed by atoms with Crippen LogP contribution in [0.25, 0.3) is 10.9 Å². The Balaban J connectivity index is 1.52. The van der Waals surface area contributed by atoms with E-state index in [9.17, 15) is 9.59 Å². The Bertz CT molecular complexity index is 1190. The van der Waals surface area contributed by atoms with E-state index >= 15 is 0 Å². The van der Waals surface area contributed by atoms with Crippen LogP contribution in [-0.2, 0) is 11.3 Å². The van der Waals surface area contributed by atoms with E-state index in [2.05, 4.69) is 16.9 Å². The molecule has 0 saturated heterocycles. The first kappa shape index (κ1) is 20.3. The summed E-state index contributed by atoms with van der Waals surface area (Å²) in [7, 11) is 0. The molecule has 9 heteroatoms. The van der Waals surface area contributed by atoms with Gasteiger partial charge in [0.1, 0.15) is 13.2 Å². The number of nitrogens with zero attached hydrogens (tertiary/aromatic N) is 2. The van der Waals surface area contributed by atoms with Crippen LogP contribution in [0, 0.1) is 0 Å². The van der Waals surface area contributed by atoms with Gasteiger partial charge in [-0.2, -0.15) is 0 Å². The van der Waals surface area contributed by atoms with Crippen molar-refractivity contribution in [1.82, 2.24) is 9.55 Å². The molecule has 0 aliphatic carbocycles. The SMILES string of the molecule is C=CCn1c(SCC(=O)Nc2ccc3c(c2)OCCO3)nc2cc(Cl)ccc2c1=O. The quantitative estimate of drug-likeness (QED) is 0.355. The van der Waals surface area contributed by atoms with Gasteiger partial charge >= 0.3 is 0 Å². The highest BCUT2D eigenvalue weighted by Crippen LogP contribution is 2.32. The first-order valence-corrected chi connectivity index (χ1v) is 10.5. The first-order chi connectivity index (χ1) is 14.5. The molecule has 4 rings (SSSR count). The summed E-state index contributed by atoms with van der Waals surface area (Å²) in [5.41, 5.74) is 0.889. The number of hydrogen-bond donors (Lipinski definition) is 1. The molecule has 1 aromatic heterocycles. The molecular formula is C21H18ClN3O4S. The summed E-state index contributed by atoms with van der Waals surface area (Å²) in [6, 6.07) is 10.2. The molecular weight excluding hydrogens is 426 g/mol. The second-order valence-electron chi connectivity index (χ2n) is 6.46. The van der Waals surface area contributed by atoms with Crippen LogP contribution in [0.2, 0.25) is 5.02 Å². The van der Waals surface area contributed by atoms with E-state index in [-0.39, 0.29) is 23.8 Å². The van der Waals surface area contributed by atoms with Crippen LogP contribution in [-0.4, -0.2) is 34.4 Å². The van der Waals surface area contributed by atoms with Crippen molar-refractivity contribution in [2.45, 2.75) is 11.7 Å². The van der Waals surface area contributed by atoms with Crippen LogP contribution in [0.1, 0.15) is 0 Å². The lowest BCUT2D eigenvalue weighted by molar-refractivity contribution is -0.113. The molecule has 0 fully saturated rings. The molecule has 0 saturated carbocycles. The summed E-state index contributed by atoms with van der Waals surface area (Å²) in [6.45, 7) is 4.96. The van der Waals surface area contributed by atoms with Crippen molar-refractivity contribution in [1.29, 1.82) is 0 Å². The summed E-state index contributed by atoms with van der Waals surface area (Å²) >= 11 is 7.21. The van der Waals surface area contributed by atoms with E-state index in [0.29, 0.717) is 51.5 Å². The van der Waals surface area contributed by atoms with Crippen molar-refractivity contribution < 1.29 is 14.3 Å². The molecule has 1 amide bonds. The number of halogens is 1. The number of hydrogen-bond acceptors (Lipinski definition) is 6. The highest BCUT2D eigenvalue weighted by molar-refractivity contribution is 7.99. The van der Waals surface area contributed by atoms with E-state index < -0.39 is 0 Å². The van der Waals surface area contributed by atoms with Crippen LogP contribution >= 0.6 is 23.4 Å². The molecule has 0 atom stereocenters. The van der Waals surface area contributed by atoms with Crippen molar-refractivity contribution in [3.8, 4) is 11.5 Å². The summed E-state index contributed by atoms with van der Waals surface area (Å²) < 4.78 is 12.5. The number of ether oxygens (including phenoxy) is 2. The van der Waals surface area contributed by atoms with Crippen LogP contribution in [0.5, 0.6) is 11.5 Å². The minimum atomic E-state index is -0.234. The molecule has 0 spiro atoms.